The fourth-order valence-electron chi connectivity index (χ4n) is 0.773. The Labute approximate surface area is 67.0 Å². The lowest BCUT2D eigenvalue weighted by molar-refractivity contribution is 0.146. The van der Waals surface area contributed by atoms with Gasteiger partial charge in [0.05, 0.1) is 18.9 Å². The molecule has 1 aromatic heterocycles. The van der Waals surface area contributed by atoms with Gasteiger partial charge in [0.15, 0.2) is 0 Å². The van der Waals surface area contributed by atoms with Crippen LogP contribution < -0.4 is 4.74 Å². The van der Waals surface area contributed by atoms with Crippen molar-refractivity contribution in [3.63, 3.8) is 0 Å². The van der Waals surface area contributed by atoms with Crippen molar-refractivity contribution in [3.8, 4) is 5.75 Å². The number of hydrogen-bond acceptors (Lipinski definition) is 2. The molecule has 0 saturated heterocycles. The van der Waals surface area contributed by atoms with Crippen LogP contribution in [0.5, 0.6) is 5.75 Å². The lowest BCUT2D eigenvalue weighted by atomic mass is 10.2. The highest BCUT2D eigenvalue weighted by molar-refractivity contribution is 5.30. The predicted octanol–water partition coefficient (Wildman–Crippen LogP) is 2.17. The summed E-state index contributed by atoms with van der Waals surface area (Å²) in [5, 5.41) is 0. The Hall–Kier alpha value is -1.26. The molecule has 0 N–H and O–H groups in total. The summed E-state index contributed by atoms with van der Waals surface area (Å²) < 4.78 is 41.1. The Balaban J connectivity index is 3.12. The van der Waals surface area contributed by atoms with Gasteiger partial charge in [-0.2, -0.15) is 4.39 Å². The van der Waals surface area contributed by atoms with Crippen molar-refractivity contribution in [3.05, 3.63) is 23.8 Å². The average molecular weight is 177 g/mol. The van der Waals surface area contributed by atoms with Crippen molar-refractivity contribution < 1.29 is 17.9 Å². The van der Waals surface area contributed by atoms with Gasteiger partial charge in [0.25, 0.3) is 6.43 Å². The molecule has 12 heavy (non-hydrogen) atoms. The fourth-order valence-corrected chi connectivity index (χ4v) is 0.773. The highest BCUT2D eigenvalue weighted by Crippen LogP contribution is 2.27. The smallest absolute Gasteiger partial charge is 0.267 e. The zero-order chi connectivity index (χ0) is 9.14. The summed E-state index contributed by atoms with van der Waals surface area (Å²) >= 11 is 0. The molecular formula is C7H6F3NO. The molecule has 2 nitrogen and oxygen atoms in total. The van der Waals surface area contributed by atoms with Gasteiger partial charge in [-0.15, -0.1) is 0 Å². The van der Waals surface area contributed by atoms with Crippen LogP contribution in [-0.2, 0) is 0 Å². The fraction of sp³-hybridized carbons (Fsp3) is 0.286. The predicted molar refractivity (Wildman–Crippen MR) is 35.7 cm³/mol. The molecule has 0 aliphatic carbocycles. The van der Waals surface area contributed by atoms with Gasteiger partial charge in [0, 0.05) is 6.07 Å². The number of rotatable bonds is 2. The molecule has 0 aliphatic rings. The van der Waals surface area contributed by atoms with Crippen LogP contribution in [0.3, 0.4) is 0 Å². The molecule has 0 spiro atoms. The highest BCUT2D eigenvalue weighted by Gasteiger charge is 2.14. The summed E-state index contributed by atoms with van der Waals surface area (Å²) in [6.45, 7) is 0. The van der Waals surface area contributed by atoms with Crippen molar-refractivity contribution >= 4 is 0 Å². The van der Waals surface area contributed by atoms with Crippen LogP contribution in [0.2, 0.25) is 0 Å². The van der Waals surface area contributed by atoms with Crippen molar-refractivity contribution in [1.82, 2.24) is 4.98 Å². The summed E-state index contributed by atoms with van der Waals surface area (Å²) in [5.41, 5.74) is -0.481. The second-order valence-corrected chi connectivity index (χ2v) is 2.05. The van der Waals surface area contributed by atoms with Crippen LogP contribution in [0, 0.1) is 5.95 Å². The number of nitrogens with zero attached hydrogens (tertiary/aromatic N) is 1. The molecule has 5 heteroatoms. The quantitative estimate of drug-likeness (QED) is 0.646. The molecule has 0 amide bonds. The zero-order valence-electron chi connectivity index (χ0n) is 6.22. The van der Waals surface area contributed by atoms with Crippen molar-refractivity contribution in [2.45, 2.75) is 6.43 Å². The molecule has 0 saturated carbocycles. The maximum absolute atomic E-state index is 12.3. The van der Waals surface area contributed by atoms with E-state index in [4.69, 9.17) is 0 Å². The minimum atomic E-state index is -2.75. The Morgan fingerprint density at radius 3 is 2.67 bits per heavy atom. The summed E-state index contributed by atoms with van der Waals surface area (Å²) in [6, 6.07) is 0.656. The van der Waals surface area contributed by atoms with Crippen LogP contribution in [0.4, 0.5) is 13.2 Å². The number of halogens is 3. The third kappa shape index (κ3) is 1.66. The number of hydrogen-bond donors (Lipinski definition) is 0. The van der Waals surface area contributed by atoms with Gasteiger partial charge in [-0.3, -0.25) is 0 Å². The summed E-state index contributed by atoms with van der Waals surface area (Å²) in [4.78, 5) is 3.17. The van der Waals surface area contributed by atoms with Crippen LogP contribution >= 0.6 is 0 Å². The zero-order valence-corrected chi connectivity index (χ0v) is 6.22. The highest BCUT2D eigenvalue weighted by atomic mass is 19.3. The summed E-state index contributed by atoms with van der Waals surface area (Å²) in [6.07, 6.45) is -1.82. The molecule has 1 heterocycles. The van der Waals surface area contributed by atoms with E-state index in [-0.39, 0.29) is 5.75 Å². The molecule has 0 unspecified atom stereocenters. The SMILES string of the molecule is COc1cnc(F)cc1C(F)F. The lowest BCUT2D eigenvalue weighted by Crippen LogP contribution is -1.95. The van der Waals surface area contributed by atoms with E-state index in [0.717, 1.165) is 6.20 Å². The third-order valence-electron chi connectivity index (χ3n) is 1.32. The van der Waals surface area contributed by atoms with E-state index in [1.54, 1.807) is 0 Å². The molecule has 0 fully saturated rings. The van der Waals surface area contributed by atoms with Gasteiger partial charge in [0.1, 0.15) is 5.75 Å². The van der Waals surface area contributed by atoms with E-state index in [1.807, 2.05) is 0 Å². The monoisotopic (exact) mass is 177 g/mol. The molecule has 0 atom stereocenters. The normalized spacial score (nSPS) is 10.4. The topological polar surface area (TPSA) is 22.1 Å². The third-order valence-corrected chi connectivity index (χ3v) is 1.32. The van der Waals surface area contributed by atoms with E-state index < -0.39 is 17.9 Å². The van der Waals surface area contributed by atoms with E-state index in [2.05, 4.69) is 9.72 Å². The number of methoxy groups -OCH3 is 1. The first-order valence-electron chi connectivity index (χ1n) is 3.12. The van der Waals surface area contributed by atoms with Crippen molar-refractivity contribution in [2.75, 3.05) is 7.11 Å². The van der Waals surface area contributed by atoms with Gasteiger partial charge in [-0.25, -0.2) is 13.8 Å². The first-order valence-corrected chi connectivity index (χ1v) is 3.12. The van der Waals surface area contributed by atoms with Crippen LogP contribution in [0.25, 0.3) is 0 Å². The molecule has 0 bridgehead atoms. The second kappa shape index (κ2) is 3.42. The molecule has 66 valence electrons. The first-order chi connectivity index (χ1) is 5.65. The van der Waals surface area contributed by atoms with Gasteiger partial charge >= 0.3 is 0 Å². The van der Waals surface area contributed by atoms with Crippen LogP contribution in [-0.4, -0.2) is 12.1 Å². The largest absolute Gasteiger partial charge is 0.495 e. The molecular weight excluding hydrogens is 171 g/mol. The average Bonchev–Trinajstić information content (AvgIpc) is 2.04. The minimum absolute atomic E-state index is 0.105. The molecule has 0 radical (unpaired) electrons. The van der Waals surface area contributed by atoms with E-state index >= 15 is 0 Å². The van der Waals surface area contributed by atoms with E-state index in [0.29, 0.717) is 6.07 Å². The standard InChI is InChI=1S/C7H6F3NO/c1-12-5-3-11-6(8)2-4(5)7(9)10/h2-3,7H,1H3. The number of ether oxygens (including phenoxy) is 1. The number of aromatic nitrogens is 1. The second-order valence-electron chi connectivity index (χ2n) is 2.05. The maximum atomic E-state index is 12.3. The molecule has 0 aliphatic heterocycles. The minimum Gasteiger partial charge on any atom is -0.495 e. The molecule has 1 rings (SSSR count). The Morgan fingerprint density at radius 2 is 2.17 bits per heavy atom. The van der Waals surface area contributed by atoms with Crippen LogP contribution in [0.15, 0.2) is 12.3 Å². The van der Waals surface area contributed by atoms with Gasteiger partial charge < -0.3 is 4.74 Å². The Bertz CT molecular complexity index is 277. The molecule has 1 aromatic rings. The van der Waals surface area contributed by atoms with Crippen molar-refractivity contribution in [1.29, 1.82) is 0 Å². The van der Waals surface area contributed by atoms with Gasteiger partial charge in [-0.1, -0.05) is 0 Å². The van der Waals surface area contributed by atoms with E-state index in [9.17, 15) is 13.2 Å². The lowest BCUT2D eigenvalue weighted by Gasteiger charge is -2.05. The van der Waals surface area contributed by atoms with Gasteiger partial charge in [-0.05, 0) is 0 Å². The van der Waals surface area contributed by atoms with Crippen molar-refractivity contribution in [2.24, 2.45) is 0 Å². The number of pyridine rings is 1. The Morgan fingerprint density at radius 1 is 1.50 bits per heavy atom. The summed E-state index contributed by atoms with van der Waals surface area (Å²) in [5.74, 6) is -1.04. The summed E-state index contributed by atoms with van der Waals surface area (Å²) in [7, 11) is 1.22. The molecule has 0 aromatic carbocycles. The van der Waals surface area contributed by atoms with E-state index in [1.165, 1.54) is 7.11 Å². The maximum Gasteiger partial charge on any atom is 0.267 e. The number of alkyl halides is 2. The Kier molecular flexibility index (Phi) is 2.52. The first kappa shape index (κ1) is 8.83. The van der Waals surface area contributed by atoms with Gasteiger partial charge in [0.2, 0.25) is 5.95 Å². The van der Waals surface area contributed by atoms with Crippen LogP contribution in [0.1, 0.15) is 12.0 Å².